The van der Waals surface area contributed by atoms with Gasteiger partial charge in [0.15, 0.2) is 0 Å². The van der Waals surface area contributed by atoms with Crippen LogP contribution in [0, 0.1) is 11.7 Å². The number of likely N-dealkylation sites (tertiary alicyclic amines) is 1. The maximum atomic E-state index is 13.2. The average Bonchev–Trinajstić information content (AvgIpc) is 2.81. The van der Waals surface area contributed by atoms with Crippen LogP contribution >= 0.6 is 0 Å². The van der Waals surface area contributed by atoms with E-state index in [-0.39, 0.29) is 25.0 Å². The molecule has 9 heteroatoms. The molecule has 2 aromatic carbocycles. The number of benzene rings is 2. The summed E-state index contributed by atoms with van der Waals surface area (Å²) < 4.78 is 18.3. The van der Waals surface area contributed by atoms with Crippen molar-refractivity contribution in [3.05, 3.63) is 66.0 Å². The number of nitrogens with one attached hydrogen (secondary N) is 3. The predicted molar refractivity (Wildman–Crippen MR) is 117 cm³/mol. The first-order valence-electron chi connectivity index (χ1n) is 10.5. The number of rotatable bonds is 7. The molecule has 3 rings (SSSR count). The van der Waals surface area contributed by atoms with Gasteiger partial charge in [-0.2, -0.15) is 0 Å². The number of carbonyl (C=O) groups excluding carboxylic acids is 3. The van der Waals surface area contributed by atoms with Crippen LogP contribution in [0.2, 0.25) is 0 Å². The van der Waals surface area contributed by atoms with Gasteiger partial charge in [-0.25, -0.2) is 14.0 Å². The maximum Gasteiger partial charge on any atom is 0.407 e. The molecule has 0 aromatic heterocycles. The van der Waals surface area contributed by atoms with Crippen LogP contribution in [0.3, 0.4) is 0 Å². The van der Waals surface area contributed by atoms with E-state index in [0.29, 0.717) is 25.3 Å². The van der Waals surface area contributed by atoms with Gasteiger partial charge in [0, 0.05) is 25.3 Å². The minimum atomic E-state index is -0.647. The summed E-state index contributed by atoms with van der Waals surface area (Å²) in [6, 6.07) is 14.5. The third-order valence-electron chi connectivity index (χ3n) is 5.10. The Morgan fingerprint density at radius 1 is 1.06 bits per heavy atom. The van der Waals surface area contributed by atoms with Gasteiger partial charge in [-0.1, -0.05) is 36.4 Å². The number of urea groups is 1. The lowest BCUT2D eigenvalue weighted by Crippen LogP contribution is -2.47. The highest BCUT2D eigenvalue weighted by atomic mass is 19.1. The number of hydrogen-bond acceptors (Lipinski definition) is 4. The molecule has 1 heterocycles. The van der Waals surface area contributed by atoms with Crippen molar-refractivity contribution in [2.45, 2.75) is 19.4 Å². The summed E-state index contributed by atoms with van der Waals surface area (Å²) in [7, 11) is 0. The zero-order valence-electron chi connectivity index (χ0n) is 17.7. The second kappa shape index (κ2) is 11.7. The van der Waals surface area contributed by atoms with Gasteiger partial charge >= 0.3 is 12.1 Å². The van der Waals surface area contributed by atoms with Gasteiger partial charge in [0.1, 0.15) is 19.0 Å². The number of carbonyl (C=O) groups is 3. The van der Waals surface area contributed by atoms with Gasteiger partial charge in [0.2, 0.25) is 5.91 Å². The van der Waals surface area contributed by atoms with Gasteiger partial charge in [-0.3, -0.25) is 4.79 Å². The van der Waals surface area contributed by atoms with Crippen LogP contribution in [0.5, 0.6) is 0 Å². The molecule has 1 saturated heterocycles. The van der Waals surface area contributed by atoms with E-state index < -0.39 is 17.9 Å². The lowest BCUT2D eigenvalue weighted by atomic mass is 9.98. The lowest BCUT2D eigenvalue weighted by molar-refractivity contribution is -0.131. The Balaban J connectivity index is 1.35. The Morgan fingerprint density at radius 3 is 2.66 bits per heavy atom. The first kappa shape index (κ1) is 23.1. The van der Waals surface area contributed by atoms with E-state index in [9.17, 15) is 18.8 Å². The zero-order valence-corrected chi connectivity index (χ0v) is 17.7. The Kier molecular flexibility index (Phi) is 8.42. The fraction of sp³-hybridized carbons (Fsp3) is 0.348. The van der Waals surface area contributed by atoms with Crippen LogP contribution in [0.1, 0.15) is 18.4 Å². The molecule has 8 nitrogen and oxygen atoms in total. The number of amides is 4. The summed E-state index contributed by atoms with van der Waals surface area (Å²) in [6.07, 6.45) is 1.03. The van der Waals surface area contributed by atoms with E-state index in [4.69, 9.17) is 4.74 Å². The quantitative estimate of drug-likeness (QED) is 0.614. The maximum absolute atomic E-state index is 13.2. The first-order valence-corrected chi connectivity index (χ1v) is 10.5. The number of nitrogens with zero attached hydrogens (tertiary/aromatic N) is 1. The number of anilines is 1. The van der Waals surface area contributed by atoms with E-state index in [1.165, 1.54) is 18.2 Å². The summed E-state index contributed by atoms with van der Waals surface area (Å²) in [6.45, 7) is 1.46. The molecule has 2 aromatic rings. The second-order valence-corrected chi connectivity index (χ2v) is 7.61. The molecule has 0 bridgehead atoms. The van der Waals surface area contributed by atoms with Crippen molar-refractivity contribution in [1.29, 1.82) is 0 Å². The summed E-state index contributed by atoms with van der Waals surface area (Å²) in [5.41, 5.74) is 1.23. The molecular weight excluding hydrogens is 415 g/mol. The standard InChI is InChI=1S/C23H27FN4O4/c24-19-9-4-10-20(12-19)27-22(30)25-13-18-8-5-11-28(15-18)21(29)14-26-23(31)32-16-17-6-2-1-3-7-17/h1-4,6-7,9-10,12,18H,5,8,11,13-16H2,(H,26,31)(H2,25,27,30). The molecule has 3 N–H and O–H groups in total. The molecule has 32 heavy (non-hydrogen) atoms. The van der Waals surface area contributed by atoms with Crippen molar-refractivity contribution >= 4 is 23.7 Å². The molecule has 0 aliphatic carbocycles. The molecule has 1 aliphatic rings. The van der Waals surface area contributed by atoms with Crippen LogP contribution in [0.25, 0.3) is 0 Å². The van der Waals surface area contributed by atoms with Crippen LogP contribution in [0.4, 0.5) is 19.7 Å². The number of alkyl carbamates (subject to hydrolysis) is 1. The third-order valence-corrected chi connectivity index (χ3v) is 5.10. The monoisotopic (exact) mass is 442 g/mol. The minimum absolute atomic E-state index is 0.0935. The lowest BCUT2D eigenvalue weighted by Gasteiger charge is -2.33. The molecule has 1 aliphatic heterocycles. The van der Waals surface area contributed by atoms with Gasteiger partial charge in [-0.15, -0.1) is 0 Å². The van der Waals surface area contributed by atoms with Crippen LogP contribution < -0.4 is 16.0 Å². The minimum Gasteiger partial charge on any atom is -0.445 e. The van der Waals surface area contributed by atoms with Gasteiger partial charge in [-0.05, 0) is 42.5 Å². The summed E-state index contributed by atoms with van der Waals surface area (Å²) in [5.74, 6) is -0.534. The fourth-order valence-electron chi connectivity index (χ4n) is 3.47. The summed E-state index contributed by atoms with van der Waals surface area (Å²) in [5, 5.41) is 7.83. The molecule has 0 radical (unpaired) electrons. The summed E-state index contributed by atoms with van der Waals surface area (Å²) >= 11 is 0. The third kappa shape index (κ3) is 7.57. The van der Waals surface area contributed by atoms with Crippen molar-refractivity contribution in [2.75, 3.05) is 31.5 Å². The van der Waals surface area contributed by atoms with Gasteiger partial charge in [0.05, 0.1) is 0 Å². The molecule has 1 fully saturated rings. The molecule has 170 valence electrons. The SMILES string of the molecule is O=C(NCC1CCCN(C(=O)CNC(=O)OCc2ccccc2)C1)Nc1cccc(F)c1. The van der Waals surface area contributed by atoms with Crippen molar-refractivity contribution in [1.82, 2.24) is 15.5 Å². The van der Waals surface area contributed by atoms with Gasteiger partial charge in [0.25, 0.3) is 0 Å². The first-order chi connectivity index (χ1) is 15.5. The normalized spacial score (nSPS) is 15.5. The molecule has 0 spiro atoms. The molecule has 0 saturated carbocycles. The van der Waals surface area contributed by atoms with Crippen LogP contribution in [-0.2, 0) is 16.1 Å². The molecule has 4 amide bonds. The molecule has 1 unspecified atom stereocenters. The number of halogens is 1. The van der Waals surface area contributed by atoms with E-state index in [1.54, 1.807) is 11.0 Å². The molecule has 1 atom stereocenters. The predicted octanol–water partition coefficient (Wildman–Crippen LogP) is 3.11. The second-order valence-electron chi connectivity index (χ2n) is 7.61. The van der Waals surface area contributed by atoms with E-state index >= 15 is 0 Å². The van der Waals surface area contributed by atoms with Crippen molar-refractivity contribution in [3.63, 3.8) is 0 Å². The van der Waals surface area contributed by atoms with Gasteiger partial charge < -0.3 is 25.6 Å². The van der Waals surface area contributed by atoms with Crippen LogP contribution in [0.15, 0.2) is 54.6 Å². The van der Waals surface area contributed by atoms with Crippen molar-refractivity contribution in [3.8, 4) is 0 Å². The van der Waals surface area contributed by atoms with Crippen molar-refractivity contribution < 1.29 is 23.5 Å². The smallest absolute Gasteiger partial charge is 0.407 e. The number of piperidine rings is 1. The Hall–Kier alpha value is -3.62. The Bertz CT molecular complexity index is 925. The fourth-order valence-corrected chi connectivity index (χ4v) is 3.47. The van der Waals surface area contributed by atoms with Crippen molar-refractivity contribution in [2.24, 2.45) is 5.92 Å². The van der Waals surface area contributed by atoms with E-state index in [2.05, 4.69) is 16.0 Å². The zero-order chi connectivity index (χ0) is 22.8. The Morgan fingerprint density at radius 2 is 1.88 bits per heavy atom. The topological polar surface area (TPSA) is 99.8 Å². The highest BCUT2D eigenvalue weighted by molar-refractivity contribution is 5.89. The summed E-state index contributed by atoms with van der Waals surface area (Å²) in [4.78, 5) is 38.0. The Labute approximate surface area is 186 Å². The highest BCUT2D eigenvalue weighted by Gasteiger charge is 2.24. The number of hydrogen-bond donors (Lipinski definition) is 3. The largest absolute Gasteiger partial charge is 0.445 e. The van der Waals surface area contributed by atoms with Crippen LogP contribution in [-0.4, -0.2) is 49.1 Å². The van der Waals surface area contributed by atoms with E-state index in [0.717, 1.165) is 18.4 Å². The highest BCUT2D eigenvalue weighted by Crippen LogP contribution is 2.16. The van der Waals surface area contributed by atoms with E-state index in [1.807, 2.05) is 30.3 Å². The molecular formula is C23H27FN4O4. The average molecular weight is 442 g/mol. The number of ether oxygens (including phenoxy) is 1.